The molecule has 0 bridgehead atoms. The Hall–Kier alpha value is -1.09. The molecule has 66 valence electrons. The molecule has 0 aliphatic heterocycles. The Bertz CT molecular complexity index is 270. The van der Waals surface area contributed by atoms with Crippen LogP contribution in [0, 0.1) is 6.92 Å². The average molecular weight is 165 g/mol. The Morgan fingerprint density at radius 2 is 2.25 bits per heavy atom. The molecule has 1 unspecified atom stereocenters. The number of anilines is 1. The number of hydrogen-bond donors (Lipinski definition) is 2. The predicted molar refractivity (Wildman–Crippen MR) is 50.9 cm³/mol. The van der Waals surface area contributed by atoms with E-state index in [1.807, 2.05) is 26.2 Å². The van der Waals surface area contributed by atoms with Gasteiger partial charge in [0.1, 0.15) is 5.82 Å². The highest BCUT2D eigenvalue weighted by molar-refractivity contribution is 5.37. The van der Waals surface area contributed by atoms with Crippen LogP contribution in [-0.4, -0.2) is 12.0 Å². The SMILES string of the molecule is CNC(C)c1cnc(N)cc1C. The highest BCUT2D eigenvalue weighted by atomic mass is 14.9. The van der Waals surface area contributed by atoms with E-state index in [9.17, 15) is 0 Å². The minimum Gasteiger partial charge on any atom is -0.384 e. The number of rotatable bonds is 2. The summed E-state index contributed by atoms with van der Waals surface area (Å²) in [7, 11) is 1.93. The van der Waals surface area contributed by atoms with Crippen molar-refractivity contribution in [2.24, 2.45) is 0 Å². The van der Waals surface area contributed by atoms with Crippen molar-refractivity contribution in [1.29, 1.82) is 0 Å². The second kappa shape index (κ2) is 3.54. The van der Waals surface area contributed by atoms with E-state index in [0.717, 1.165) is 0 Å². The fourth-order valence-corrected chi connectivity index (χ4v) is 1.20. The fourth-order valence-electron chi connectivity index (χ4n) is 1.20. The standard InChI is InChI=1S/C9H15N3/c1-6-4-9(10)12-5-8(6)7(2)11-3/h4-5,7,11H,1-3H3,(H2,10,12). The molecule has 0 fully saturated rings. The molecule has 3 N–H and O–H groups in total. The number of pyridine rings is 1. The van der Waals surface area contributed by atoms with Crippen LogP contribution in [0.15, 0.2) is 12.3 Å². The van der Waals surface area contributed by atoms with Gasteiger partial charge in [0.2, 0.25) is 0 Å². The first kappa shape index (κ1) is 9.00. The van der Waals surface area contributed by atoms with Gasteiger partial charge < -0.3 is 11.1 Å². The van der Waals surface area contributed by atoms with E-state index in [-0.39, 0.29) is 0 Å². The summed E-state index contributed by atoms with van der Waals surface area (Å²) in [6, 6.07) is 2.22. The molecular formula is C9H15N3. The number of nitrogen functional groups attached to an aromatic ring is 1. The van der Waals surface area contributed by atoms with E-state index in [1.54, 1.807) is 0 Å². The Balaban J connectivity index is 3.01. The Kier molecular flexibility index (Phi) is 2.65. The lowest BCUT2D eigenvalue weighted by molar-refractivity contribution is 0.646. The van der Waals surface area contributed by atoms with E-state index in [1.165, 1.54) is 11.1 Å². The maximum absolute atomic E-state index is 5.54. The summed E-state index contributed by atoms with van der Waals surface area (Å²) >= 11 is 0. The van der Waals surface area contributed by atoms with E-state index in [0.29, 0.717) is 11.9 Å². The molecule has 0 radical (unpaired) electrons. The maximum atomic E-state index is 5.54. The summed E-state index contributed by atoms with van der Waals surface area (Å²) in [4.78, 5) is 4.05. The third-order valence-corrected chi connectivity index (χ3v) is 2.07. The quantitative estimate of drug-likeness (QED) is 0.693. The van der Waals surface area contributed by atoms with E-state index in [2.05, 4.69) is 17.2 Å². The lowest BCUT2D eigenvalue weighted by Crippen LogP contribution is -2.14. The molecule has 0 amide bonds. The smallest absolute Gasteiger partial charge is 0.123 e. The monoisotopic (exact) mass is 165 g/mol. The number of nitrogens with two attached hydrogens (primary N) is 1. The first-order valence-electron chi connectivity index (χ1n) is 4.04. The average Bonchev–Trinajstić information content (AvgIpc) is 2.03. The molecule has 1 atom stereocenters. The van der Waals surface area contributed by atoms with Crippen LogP contribution < -0.4 is 11.1 Å². The van der Waals surface area contributed by atoms with Gasteiger partial charge in [-0.25, -0.2) is 4.98 Å². The molecule has 0 aromatic carbocycles. The van der Waals surface area contributed by atoms with Gasteiger partial charge in [0.15, 0.2) is 0 Å². The molecule has 0 spiro atoms. The normalized spacial score (nSPS) is 12.9. The second-order valence-corrected chi connectivity index (χ2v) is 2.98. The van der Waals surface area contributed by atoms with Crippen molar-refractivity contribution in [2.75, 3.05) is 12.8 Å². The van der Waals surface area contributed by atoms with Crippen molar-refractivity contribution in [3.8, 4) is 0 Å². The Morgan fingerprint density at radius 3 is 2.75 bits per heavy atom. The van der Waals surface area contributed by atoms with Crippen molar-refractivity contribution >= 4 is 5.82 Å². The minimum absolute atomic E-state index is 0.332. The van der Waals surface area contributed by atoms with Crippen LogP contribution in [0.1, 0.15) is 24.1 Å². The molecule has 12 heavy (non-hydrogen) atoms. The van der Waals surface area contributed by atoms with Crippen molar-refractivity contribution in [3.63, 3.8) is 0 Å². The molecule has 1 heterocycles. The Labute approximate surface area is 73.0 Å². The summed E-state index contributed by atoms with van der Waals surface area (Å²) in [5, 5.41) is 3.16. The highest BCUT2D eigenvalue weighted by Gasteiger charge is 2.05. The first-order valence-corrected chi connectivity index (χ1v) is 4.04. The van der Waals surface area contributed by atoms with Crippen LogP contribution in [-0.2, 0) is 0 Å². The zero-order valence-electron chi connectivity index (χ0n) is 7.76. The van der Waals surface area contributed by atoms with Gasteiger partial charge in [-0.2, -0.15) is 0 Å². The summed E-state index contributed by atoms with van der Waals surface area (Å²) in [6.45, 7) is 4.14. The number of aromatic nitrogens is 1. The Morgan fingerprint density at radius 1 is 1.58 bits per heavy atom. The van der Waals surface area contributed by atoms with Crippen LogP contribution in [0.3, 0.4) is 0 Å². The molecule has 0 aliphatic rings. The topological polar surface area (TPSA) is 50.9 Å². The third kappa shape index (κ3) is 1.74. The number of aryl methyl sites for hydroxylation is 1. The first-order chi connectivity index (χ1) is 5.65. The zero-order chi connectivity index (χ0) is 9.14. The lowest BCUT2D eigenvalue weighted by Gasteiger charge is -2.12. The fraction of sp³-hybridized carbons (Fsp3) is 0.444. The van der Waals surface area contributed by atoms with Crippen molar-refractivity contribution < 1.29 is 0 Å². The molecule has 1 rings (SSSR count). The van der Waals surface area contributed by atoms with E-state index >= 15 is 0 Å². The largest absolute Gasteiger partial charge is 0.384 e. The van der Waals surface area contributed by atoms with Gasteiger partial charge in [0, 0.05) is 12.2 Å². The lowest BCUT2D eigenvalue weighted by atomic mass is 10.1. The van der Waals surface area contributed by atoms with Crippen molar-refractivity contribution in [2.45, 2.75) is 19.9 Å². The molecular weight excluding hydrogens is 150 g/mol. The summed E-state index contributed by atoms with van der Waals surface area (Å²) < 4.78 is 0. The summed E-state index contributed by atoms with van der Waals surface area (Å²) in [5.74, 6) is 0.583. The zero-order valence-corrected chi connectivity index (χ0v) is 7.76. The predicted octanol–water partition coefficient (Wildman–Crippen LogP) is 1.25. The summed E-state index contributed by atoms with van der Waals surface area (Å²) in [5.41, 5.74) is 7.92. The van der Waals surface area contributed by atoms with Gasteiger partial charge in [-0.3, -0.25) is 0 Å². The van der Waals surface area contributed by atoms with E-state index in [4.69, 9.17) is 5.73 Å². The van der Waals surface area contributed by atoms with Crippen LogP contribution >= 0.6 is 0 Å². The number of nitrogens with one attached hydrogen (secondary N) is 1. The van der Waals surface area contributed by atoms with Gasteiger partial charge in [0.25, 0.3) is 0 Å². The van der Waals surface area contributed by atoms with Gasteiger partial charge in [-0.15, -0.1) is 0 Å². The van der Waals surface area contributed by atoms with Crippen molar-refractivity contribution in [3.05, 3.63) is 23.4 Å². The van der Waals surface area contributed by atoms with Crippen LogP contribution in [0.2, 0.25) is 0 Å². The van der Waals surface area contributed by atoms with Crippen molar-refractivity contribution in [1.82, 2.24) is 10.3 Å². The number of nitrogens with zero attached hydrogens (tertiary/aromatic N) is 1. The van der Waals surface area contributed by atoms with E-state index < -0.39 is 0 Å². The molecule has 0 aliphatic carbocycles. The third-order valence-electron chi connectivity index (χ3n) is 2.07. The van der Waals surface area contributed by atoms with Gasteiger partial charge in [-0.05, 0) is 38.1 Å². The maximum Gasteiger partial charge on any atom is 0.123 e. The molecule has 0 saturated carbocycles. The van der Waals surface area contributed by atoms with Crippen LogP contribution in [0.5, 0.6) is 0 Å². The van der Waals surface area contributed by atoms with Gasteiger partial charge in [0.05, 0.1) is 0 Å². The molecule has 0 saturated heterocycles. The van der Waals surface area contributed by atoms with Gasteiger partial charge >= 0.3 is 0 Å². The highest BCUT2D eigenvalue weighted by Crippen LogP contribution is 2.16. The molecule has 3 heteroatoms. The van der Waals surface area contributed by atoms with Crippen LogP contribution in [0.4, 0.5) is 5.82 Å². The molecule has 1 aromatic rings. The molecule has 3 nitrogen and oxygen atoms in total. The molecule has 1 aromatic heterocycles. The second-order valence-electron chi connectivity index (χ2n) is 2.98. The summed E-state index contributed by atoms with van der Waals surface area (Å²) in [6.07, 6.45) is 1.83. The van der Waals surface area contributed by atoms with Crippen LogP contribution in [0.25, 0.3) is 0 Å². The number of hydrogen-bond acceptors (Lipinski definition) is 3. The van der Waals surface area contributed by atoms with Gasteiger partial charge in [-0.1, -0.05) is 0 Å². The minimum atomic E-state index is 0.332.